The van der Waals surface area contributed by atoms with Gasteiger partial charge in [-0.25, -0.2) is 0 Å². The molecule has 0 bridgehead atoms. The highest BCUT2D eigenvalue weighted by molar-refractivity contribution is 6.17. The van der Waals surface area contributed by atoms with Gasteiger partial charge in [0, 0.05) is 44.2 Å². The number of allylic oxidation sites excluding steroid dienone is 4. The molecule has 13 aromatic rings. The summed E-state index contributed by atoms with van der Waals surface area (Å²) < 4.78 is 146. The number of aromatic nitrogens is 1. The summed E-state index contributed by atoms with van der Waals surface area (Å²) in [6.07, 6.45) is 3.68. The van der Waals surface area contributed by atoms with Gasteiger partial charge in [0.25, 0.3) is 0 Å². The second-order valence-electron chi connectivity index (χ2n) is 17.0. The Kier molecular flexibility index (Phi) is 7.00. The van der Waals surface area contributed by atoms with Crippen molar-refractivity contribution < 1.29 is 25.0 Å². The largest absolute Gasteiger partial charge is 0.456 e. The number of anilines is 3. The normalized spacial score (nSPS) is 14.8. The van der Waals surface area contributed by atoms with Gasteiger partial charge in [-0.1, -0.05) is 201 Å². The quantitative estimate of drug-likeness (QED) is 0.127. The van der Waals surface area contributed by atoms with E-state index in [0.29, 0.717) is 33.8 Å². The molecule has 0 aliphatic carbocycles. The molecule has 0 N–H and O–H groups in total. The first-order valence-corrected chi connectivity index (χ1v) is 22.9. The lowest BCUT2D eigenvalue weighted by Gasteiger charge is -2.28. The Morgan fingerprint density at radius 2 is 1.10 bits per heavy atom. The minimum absolute atomic E-state index is 0.219. The van der Waals surface area contributed by atoms with Crippen molar-refractivity contribution in [1.29, 1.82) is 0 Å². The van der Waals surface area contributed by atoms with Crippen LogP contribution >= 0.6 is 0 Å². The van der Waals surface area contributed by atoms with Crippen molar-refractivity contribution in [3.05, 3.63) is 273 Å². The molecule has 13 rings (SSSR count). The summed E-state index contributed by atoms with van der Waals surface area (Å²) in [5.41, 5.74) is 5.03. The van der Waals surface area contributed by atoms with E-state index in [9.17, 15) is 11.0 Å². The van der Waals surface area contributed by atoms with E-state index in [-0.39, 0.29) is 5.69 Å². The van der Waals surface area contributed by atoms with Crippen LogP contribution in [0.3, 0.4) is 0 Å². The van der Waals surface area contributed by atoms with Crippen molar-refractivity contribution in [2.45, 2.75) is 0 Å². The number of fused-ring (bicyclic) bond motifs is 8. The summed E-state index contributed by atoms with van der Waals surface area (Å²) in [6, 6.07) is 37.5. The molecule has 0 radical (unpaired) electrons. The molecule has 0 atom stereocenters. The molecule has 0 saturated carbocycles. The van der Waals surface area contributed by atoms with E-state index in [1.54, 1.807) is 29.2 Å². The fourth-order valence-corrected chi connectivity index (χ4v) is 9.67. The monoisotopic (exact) mass is 921 g/mol. The molecule has 0 fully saturated rings. The third-order valence-corrected chi connectivity index (χ3v) is 12.9. The first-order chi connectivity index (χ1) is 41.3. The van der Waals surface area contributed by atoms with Gasteiger partial charge >= 0.3 is 0 Å². The van der Waals surface area contributed by atoms with Crippen LogP contribution in [-0.2, 0) is 0 Å². The predicted octanol–water partition coefficient (Wildman–Crippen LogP) is 19.2. The molecule has 0 amide bonds. The Labute approximate surface area is 433 Å². The molecule has 71 heavy (non-hydrogen) atoms. The predicted molar refractivity (Wildman–Crippen MR) is 303 cm³/mol. The minimum Gasteiger partial charge on any atom is -0.456 e. The molecule has 11 aromatic carbocycles. The van der Waals surface area contributed by atoms with Crippen LogP contribution < -0.4 is 4.90 Å². The Morgan fingerprint density at radius 3 is 1.85 bits per heavy atom. The van der Waals surface area contributed by atoms with E-state index < -0.39 is 124 Å². The van der Waals surface area contributed by atoms with E-state index in [2.05, 4.69) is 35.9 Å². The number of rotatable bonds is 10. The fourth-order valence-electron chi connectivity index (χ4n) is 9.67. The Bertz CT molecular complexity index is 5060. The number of hydrogen-bond acceptors (Lipinski definition) is 2. The van der Waals surface area contributed by atoms with E-state index in [4.69, 9.17) is 14.0 Å². The zero-order valence-corrected chi connectivity index (χ0v) is 37.8. The maximum Gasteiger partial charge on any atom is 0.136 e. The molecule has 2 aromatic heterocycles. The molecule has 0 aliphatic rings. The molecule has 3 nitrogen and oxygen atoms in total. The topological polar surface area (TPSA) is 21.3 Å². The summed E-state index contributed by atoms with van der Waals surface area (Å²) in [5.74, 6) is 0. The van der Waals surface area contributed by atoms with Crippen molar-refractivity contribution in [2.75, 3.05) is 4.90 Å². The van der Waals surface area contributed by atoms with Gasteiger partial charge in [0.2, 0.25) is 0 Å². The second-order valence-corrected chi connectivity index (χ2v) is 17.0. The van der Waals surface area contributed by atoms with Gasteiger partial charge in [0.1, 0.15) is 11.2 Å². The second kappa shape index (κ2) is 17.3. The smallest absolute Gasteiger partial charge is 0.136 e. The van der Waals surface area contributed by atoms with Crippen LogP contribution in [0.1, 0.15) is 26.1 Å². The number of hydrogen-bond donors (Lipinski definition) is 0. The highest BCUT2D eigenvalue weighted by Gasteiger charge is 2.21. The summed E-state index contributed by atoms with van der Waals surface area (Å²) in [4.78, 5) is 1.63. The first kappa shape index (κ1) is 28.8. The van der Waals surface area contributed by atoms with Gasteiger partial charge in [-0.15, -0.1) is 0 Å². The van der Waals surface area contributed by atoms with Crippen LogP contribution in [0.15, 0.2) is 272 Å². The summed E-state index contributed by atoms with van der Waals surface area (Å²) in [5, 5.41) is 4.87. The summed E-state index contributed by atoms with van der Waals surface area (Å²) >= 11 is 0. The van der Waals surface area contributed by atoms with Crippen molar-refractivity contribution in [1.82, 2.24) is 4.57 Å². The van der Waals surface area contributed by atoms with E-state index in [1.165, 1.54) is 0 Å². The molecule has 0 unspecified atom stereocenters. The molecule has 2 heterocycles. The maximum absolute atomic E-state index is 9.95. The van der Waals surface area contributed by atoms with E-state index >= 15 is 0 Å². The van der Waals surface area contributed by atoms with E-state index in [1.807, 2.05) is 121 Å². The lowest BCUT2D eigenvalue weighted by atomic mass is 9.95. The lowest BCUT2D eigenvalue weighted by molar-refractivity contribution is 0.669. The Morgan fingerprint density at radius 1 is 0.479 bits per heavy atom. The van der Waals surface area contributed by atoms with Crippen molar-refractivity contribution in [3.8, 4) is 33.4 Å². The van der Waals surface area contributed by atoms with Crippen molar-refractivity contribution in [2.24, 2.45) is 0 Å². The molecular weight excluding hydrogens is 861 g/mol. The summed E-state index contributed by atoms with van der Waals surface area (Å²) in [6.45, 7) is 8.70. The molecule has 0 aliphatic heterocycles. The molecule has 0 spiro atoms. The Hall–Kier alpha value is -9.44. The number of para-hydroxylation sites is 3. The van der Waals surface area contributed by atoms with Gasteiger partial charge in [0.15, 0.2) is 0 Å². The number of benzene rings is 11. The Balaban J connectivity index is 1.01. The van der Waals surface area contributed by atoms with Crippen LogP contribution in [0, 0.1) is 0 Å². The van der Waals surface area contributed by atoms with Gasteiger partial charge in [0.05, 0.1) is 37.3 Å². The first-order valence-electron chi connectivity index (χ1n) is 30.4. The van der Waals surface area contributed by atoms with Crippen LogP contribution in [0.4, 0.5) is 17.1 Å². The standard InChI is InChI=1S/C68H46N2O/c1-3-46(42-45(2)69-63-26-11-8-21-58(63)59-22-9-12-27-64(59)69)47-34-38-54(39-35-47)70(55-40-36-49(37-41-55)48-30-32-51(33-31-48)57-24-14-19-50-16-6-7-20-56(50)57)65-28-13-10-23-60(65)61-25-15-29-66-68(61)62-43-52-17-4-5-18-53(52)44-67(62)71-66/h3-44H,1-2H2/b46-42+/i6D,7D,14D,16D,19D,20D,24D,30D,31D,32D,33D,36D,37D,40D,41D. The zero-order valence-electron chi connectivity index (χ0n) is 52.8. The summed E-state index contributed by atoms with van der Waals surface area (Å²) in [7, 11) is 0. The van der Waals surface area contributed by atoms with Gasteiger partial charge in [-0.3, -0.25) is 0 Å². The van der Waals surface area contributed by atoms with Crippen LogP contribution in [0.2, 0.25) is 0 Å². The highest BCUT2D eigenvalue weighted by atomic mass is 16.3. The van der Waals surface area contributed by atoms with Gasteiger partial charge < -0.3 is 13.9 Å². The van der Waals surface area contributed by atoms with Crippen LogP contribution in [0.5, 0.6) is 0 Å². The molecular formula is C68H46N2O. The number of nitrogens with zero attached hydrogens (tertiary/aromatic N) is 2. The van der Waals surface area contributed by atoms with E-state index in [0.717, 1.165) is 60.1 Å². The lowest BCUT2D eigenvalue weighted by Crippen LogP contribution is -2.11. The van der Waals surface area contributed by atoms with Gasteiger partial charge in [-0.05, 0) is 127 Å². The third-order valence-electron chi connectivity index (χ3n) is 12.9. The zero-order chi connectivity index (χ0) is 60.5. The minimum atomic E-state index is -0.850. The van der Waals surface area contributed by atoms with Crippen molar-refractivity contribution >= 4 is 93.6 Å². The van der Waals surface area contributed by atoms with Gasteiger partial charge in [-0.2, -0.15) is 0 Å². The average Bonchev–Trinajstić information content (AvgIpc) is 1.32. The average molecular weight is 922 g/mol. The van der Waals surface area contributed by atoms with Crippen molar-refractivity contribution in [3.63, 3.8) is 0 Å². The fraction of sp³-hybridized carbons (Fsp3) is 0. The third kappa shape index (κ3) is 7.22. The molecule has 334 valence electrons. The van der Waals surface area contributed by atoms with Crippen LogP contribution in [-0.4, -0.2) is 4.57 Å². The maximum atomic E-state index is 9.95. The molecule has 3 heteroatoms. The van der Waals surface area contributed by atoms with Crippen LogP contribution in [0.25, 0.3) is 110 Å². The SMILES string of the molecule is [2H]c1c([2H])c(-c2c([2H])c([2H])c([2H])c3c([2H])c([2H])c([2H])c([2H])c23)c([2H])c([2H])c1-c1c([2H])c([2H])c(N(c2ccc(/C(C=C)=C/C(=C)n3c4ccccc4c4ccccc43)cc2)c2ccccc2-c2cccc3oc4cc5ccccc5cc4c23)c([2H])c1[2H]. The molecule has 0 saturated heterocycles. The highest BCUT2D eigenvalue weighted by Crippen LogP contribution is 2.46. The number of furan rings is 1.